The summed E-state index contributed by atoms with van der Waals surface area (Å²) in [6.45, 7) is 6.73. The lowest BCUT2D eigenvalue weighted by Gasteiger charge is -2.11. The Morgan fingerprint density at radius 1 is 1.18 bits per heavy atom. The molecule has 3 nitrogen and oxygen atoms in total. The van der Waals surface area contributed by atoms with Gasteiger partial charge in [-0.2, -0.15) is 0 Å². The highest BCUT2D eigenvalue weighted by Gasteiger charge is 2.12. The van der Waals surface area contributed by atoms with Gasteiger partial charge in [-0.25, -0.2) is 0 Å². The maximum absolute atomic E-state index is 11.0. The molecule has 0 bridgehead atoms. The number of rotatable bonds is 3. The van der Waals surface area contributed by atoms with Crippen LogP contribution in [0.1, 0.15) is 27.7 Å². The molecular weight excluding hydrogens is 142 g/mol. The first kappa shape index (κ1) is 10.1. The Morgan fingerprint density at radius 2 is 1.64 bits per heavy atom. The van der Waals surface area contributed by atoms with Gasteiger partial charge in [0, 0.05) is 5.92 Å². The summed E-state index contributed by atoms with van der Waals surface area (Å²) in [7, 11) is 0. The molecule has 0 saturated carbocycles. The van der Waals surface area contributed by atoms with Crippen LogP contribution in [0.4, 0.5) is 0 Å². The van der Waals surface area contributed by atoms with E-state index in [0.29, 0.717) is 0 Å². The van der Waals surface area contributed by atoms with E-state index in [-0.39, 0.29) is 23.7 Å². The molecule has 0 unspecified atom stereocenters. The van der Waals surface area contributed by atoms with Crippen LogP contribution >= 0.6 is 0 Å². The van der Waals surface area contributed by atoms with Gasteiger partial charge >= 0.3 is 0 Å². The molecule has 0 aromatic carbocycles. The predicted molar refractivity (Wildman–Crippen MR) is 43.1 cm³/mol. The van der Waals surface area contributed by atoms with Gasteiger partial charge < -0.3 is 5.32 Å². The zero-order valence-corrected chi connectivity index (χ0v) is 7.47. The van der Waals surface area contributed by atoms with E-state index >= 15 is 0 Å². The SMILES string of the molecule is CC(=O)[C@@H](C)NC(=O)C(C)C. The Hall–Kier alpha value is -0.860. The van der Waals surface area contributed by atoms with Crippen molar-refractivity contribution in [1.82, 2.24) is 5.32 Å². The highest BCUT2D eigenvalue weighted by molar-refractivity contribution is 5.87. The molecule has 0 aliphatic rings. The lowest BCUT2D eigenvalue weighted by molar-refractivity contribution is -0.128. The van der Waals surface area contributed by atoms with Gasteiger partial charge in [-0.3, -0.25) is 9.59 Å². The van der Waals surface area contributed by atoms with Gasteiger partial charge in [-0.15, -0.1) is 0 Å². The zero-order chi connectivity index (χ0) is 9.02. The highest BCUT2D eigenvalue weighted by Crippen LogP contribution is 1.93. The normalized spacial score (nSPS) is 12.8. The van der Waals surface area contributed by atoms with E-state index in [0.717, 1.165) is 0 Å². The molecule has 0 spiro atoms. The minimum absolute atomic E-state index is 0.0148. The van der Waals surface area contributed by atoms with Gasteiger partial charge in [0.05, 0.1) is 6.04 Å². The van der Waals surface area contributed by atoms with Gasteiger partial charge in [0.1, 0.15) is 0 Å². The third-order valence-corrected chi connectivity index (χ3v) is 1.49. The van der Waals surface area contributed by atoms with Crippen molar-refractivity contribution in [3.8, 4) is 0 Å². The van der Waals surface area contributed by atoms with Gasteiger partial charge in [0.15, 0.2) is 5.78 Å². The molecule has 0 fully saturated rings. The minimum Gasteiger partial charge on any atom is -0.346 e. The second kappa shape index (κ2) is 4.11. The number of carbonyl (C=O) groups excluding carboxylic acids is 2. The van der Waals surface area contributed by atoms with Crippen LogP contribution in [-0.4, -0.2) is 17.7 Å². The standard InChI is InChI=1S/C8H15NO2/c1-5(2)8(11)9-6(3)7(4)10/h5-6H,1-4H3,(H,9,11)/t6-/m1/s1. The Morgan fingerprint density at radius 3 is 1.91 bits per heavy atom. The first-order valence-corrected chi connectivity index (χ1v) is 3.76. The average molecular weight is 157 g/mol. The van der Waals surface area contributed by atoms with E-state index in [4.69, 9.17) is 0 Å². The molecule has 11 heavy (non-hydrogen) atoms. The summed E-state index contributed by atoms with van der Waals surface area (Å²) in [5.41, 5.74) is 0. The van der Waals surface area contributed by atoms with E-state index < -0.39 is 0 Å². The Labute approximate surface area is 67.2 Å². The fourth-order valence-corrected chi connectivity index (χ4v) is 0.482. The van der Waals surface area contributed by atoms with Crippen molar-refractivity contribution in [2.75, 3.05) is 0 Å². The Balaban J connectivity index is 3.85. The summed E-state index contributed by atoms with van der Waals surface area (Å²) in [6, 6.07) is -0.357. The summed E-state index contributed by atoms with van der Waals surface area (Å²) < 4.78 is 0. The van der Waals surface area contributed by atoms with E-state index in [1.807, 2.05) is 0 Å². The second-order valence-corrected chi connectivity index (χ2v) is 3.00. The summed E-state index contributed by atoms with van der Waals surface area (Å²) in [5.74, 6) is -0.150. The summed E-state index contributed by atoms with van der Waals surface area (Å²) in [6.07, 6.45) is 0. The third kappa shape index (κ3) is 3.75. The summed E-state index contributed by atoms with van der Waals surface area (Å²) in [5, 5.41) is 2.59. The van der Waals surface area contributed by atoms with Gasteiger partial charge in [0.25, 0.3) is 0 Å². The maximum Gasteiger partial charge on any atom is 0.223 e. The Bertz CT molecular complexity index is 163. The second-order valence-electron chi connectivity index (χ2n) is 3.00. The smallest absolute Gasteiger partial charge is 0.223 e. The van der Waals surface area contributed by atoms with Crippen LogP contribution in [0, 0.1) is 5.92 Å². The van der Waals surface area contributed by atoms with Crippen molar-refractivity contribution in [3.05, 3.63) is 0 Å². The quantitative estimate of drug-likeness (QED) is 0.656. The number of Topliss-reactive ketones (excluding diaryl/α,β-unsaturated/α-hetero) is 1. The summed E-state index contributed by atoms with van der Waals surface area (Å²) >= 11 is 0. The lowest BCUT2D eigenvalue weighted by Crippen LogP contribution is -2.39. The molecule has 1 N–H and O–H groups in total. The lowest BCUT2D eigenvalue weighted by atomic mass is 10.1. The molecule has 0 aromatic rings. The number of carbonyl (C=O) groups is 2. The largest absolute Gasteiger partial charge is 0.346 e. The third-order valence-electron chi connectivity index (χ3n) is 1.49. The van der Waals surface area contributed by atoms with Crippen molar-refractivity contribution < 1.29 is 9.59 Å². The zero-order valence-electron chi connectivity index (χ0n) is 7.47. The fraction of sp³-hybridized carbons (Fsp3) is 0.750. The summed E-state index contributed by atoms with van der Waals surface area (Å²) in [4.78, 5) is 21.7. The minimum atomic E-state index is -0.357. The molecule has 3 heteroatoms. The fourth-order valence-electron chi connectivity index (χ4n) is 0.482. The first-order valence-electron chi connectivity index (χ1n) is 3.76. The molecule has 0 aromatic heterocycles. The van der Waals surface area contributed by atoms with Gasteiger partial charge in [-0.05, 0) is 13.8 Å². The molecule has 0 aliphatic carbocycles. The number of hydrogen-bond donors (Lipinski definition) is 1. The van der Waals surface area contributed by atoms with Crippen molar-refractivity contribution in [2.24, 2.45) is 5.92 Å². The van der Waals surface area contributed by atoms with Crippen molar-refractivity contribution in [2.45, 2.75) is 33.7 Å². The van der Waals surface area contributed by atoms with Crippen LogP contribution < -0.4 is 5.32 Å². The maximum atomic E-state index is 11.0. The molecular formula is C8H15NO2. The number of ketones is 1. The van der Waals surface area contributed by atoms with E-state index in [2.05, 4.69) is 5.32 Å². The molecule has 0 saturated heterocycles. The number of amides is 1. The van der Waals surface area contributed by atoms with Crippen LogP contribution in [-0.2, 0) is 9.59 Å². The molecule has 1 atom stereocenters. The van der Waals surface area contributed by atoms with Crippen molar-refractivity contribution in [3.63, 3.8) is 0 Å². The van der Waals surface area contributed by atoms with E-state index in [1.165, 1.54) is 6.92 Å². The van der Waals surface area contributed by atoms with Crippen LogP contribution in [0.2, 0.25) is 0 Å². The average Bonchev–Trinajstić information content (AvgIpc) is 1.87. The van der Waals surface area contributed by atoms with Crippen LogP contribution in [0.15, 0.2) is 0 Å². The van der Waals surface area contributed by atoms with Crippen LogP contribution in [0.5, 0.6) is 0 Å². The molecule has 0 radical (unpaired) electrons. The number of nitrogens with one attached hydrogen (secondary N) is 1. The highest BCUT2D eigenvalue weighted by atomic mass is 16.2. The van der Waals surface area contributed by atoms with Gasteiger partial charge in [-0.1, -0.05) is 13.8 Å². The van der Waals surface area contributed by atoms with Crippen molar-refractivity contribution >= 4 is 11.7 Å². The first-order chi connectivity index (χ1) is 4.95. The molecule has 1 amide bonds. The topological polar surface area (TPSA) is 46.2 Å². The predicted octanol–water partition coefficient (Wildman–Crippen LogP) is 0.736. The van der Waals surface area contributed by atoms with Crippen LogP contribution in [0.3, 0.4) is 0 Å². The van der Waals surface area contributed by atoms with E-state index in [1.54, 1.807) is 20.8 Å². The van der Waals surface area contributed by atoms with Crippen molar-refractivity contribution in [1.29, 1.82) is 0 Å². The molecule has 0 aliphatic heterocycles. The monoisotopic (exact) mass is 157 g/mol. The molecule has 0 heterocycles. The van der Waals surface area contributed by atoms with Gasteiger partial charge in [0.2, 0.25) is 5.91 Å². The molecule has 64 valence electrons. The Kier molecular flexibility index (Phi) is 3.79. The van der Waals surface area contributed by atoms with Crippen LogP contribution in [0.25, 0.3) is 0 Å². The number of hydrogen-bond acceptors (Lipinski definition) is 2. The molecule has 0 rings (SSSR count). The van der Waals surface area contributed by atoms with E-state index in [9.17, 15) is 9.59 Å².